The van der Waals surface area contributed by atoms with Crippen molar-refractivity contribution < 1.29 is 9.84 Å². The van der Waals surface area contributed by atoms with Crippen molar-refractivity contribution in [3.63, 3.8) is 0 Å². The SMILES string of the molecule is COc1cc(CN(C)C2CCCCC2O)ccc1C(N)=S. The fourth-order valence-electron chi connectivity index (χ4n) is 3.05. The van der Waals surface area contributed by atoms with Crippen LogP contribution in [0.25, 0.3) is 0 Å². The lowest BCUT2D eigenvalue weighted by molar-refractivity contribution is 0.0288. The largest absolute Gasteiger partial charge is 0.496 e. The molecule has 0 aromatic heterocycles. The second kappa shape index (κ2) is 7.20. The lowest BCUT2D eigenvalue weighted by Gasteiger charge is -2.35. The summed E-state index contributed by atoms with van der Waals surface area (Å²) in [6, 6.07) is 6.13. The van der Waals surface area contributed by atoms with Gasteiger partial charge in [-0.25, -0.2) is 0 Å². The molecule has 0 amide bonds. The lowest BCUT2D eigenvalue weighted by atomic mass is 9.91. The molecule has 2 rings (SSSR count). The van der Waals surface area contributed by atoms with Gasteiger partial charge < -0.3 is 15.6 Å². The number of rotatable bonds is 5. The summed E-state index contributed by atoms with van der Waals surface area (Å²) in [5.41, 5.74) is 7.58. The molecular weight excluding hydrogens is 284 g/mol. The highest BCUT2D eigenvalue weighted by Crippen LogP contribution is 2.25. The van der Waals surface area contributed by atoms with Crippen LogP contribution in [0, 0.1) is 0 Å². The van der Waals surface area contributed by atoms with Crippen LogP contribution in [0.15, 0.2) is 18.2 Å². The normalized spacial score (nSPS) is 22.3. The smallest absolute Gasteiger partial charge is 0.129 e. The topological polar surface area (TPSA) is 58.7 Å². The zero-order valence-electron chi connectivity index (χ0n) is 12.7. The Kier molecular flexibility index (Phi) is 5.56. The molecule has 0 radical (unpaired) electrons. The van der Waals surface area contributed by atoms with Crippen molar-refractivity contribution in [2.75, 3.05) is 14.2 Å². The zero-order valence-corrected chi connectivity index (χ0v) is 13.5. The van der Waals surface area contributed by atoms with E-state index in [1.807, 2.05) is 18.2 Å². The quantitative estimate of drug-likeness (QED) is 0.816. The molecule has 1 aliphatic carbocycles. The average molecular weight is 308 g/mol. The maximum absolute atomic E-state index is 10.1. The molecule has 21 heavy (non-hydrogen) atoms. The van der Waals surface area contributed by atoms with E-state index in [2.05, 4.69) is 11.9 Å². The molecule has 1 aliphatic rings. The molecule has 5 heteroatoms. The Hall–Kier alpha value is -1.17. The van der Waals surface area contributed by atoms with E-state index < -0.39 is 0 Å². The summed E-state index contributed by atoms with van der Waals surface area (Å²) >= 11 is 5.02. The number of aliphatic hydroxyl groups excluding tert-OH is 1. The van der Waals surface area contributed by atoms with Crippen LogP contribution in [-0.2, 0) is 6.54 Å². The van der Waals surface area contributed by atoms with Crippen molar-refractivity contribution >= 4 is 17.2 Å². The van der Waals surface area contributed by atoms with E-state index in [9.17, 15) is 5.11 Å². The van der Waals surface area contributed by atoms with E-state index in [0.29, 0.717) is 10.7 Å². The Bertz CT molecular complexity index is 507. The Balaban J connectivity index is 2.10. The van der Waals surface area contributed by atoms with Crippen molar-refractivity contribution in [2.24, 2.45) is 5.73 Å². The molecule has 0 bridgehead atoms. The van der Waals surface area contributed by atoms with E-state index in [-0.39, 0.29) is 12.1 Å². The van der Waals surface area contributed by atoms with Crippen molar-refractivity contribution in [1.29, 1.82) is 0 Å². The number of nitrogens with two attached hydrogens (primary N) is 1. The minimum Gasteiger partial charge on any atom is -0.496 e. The van der Waals surface area contributed by atoms with Crippen LogP contribution in [0.3, 0.4) is 0 Å². The molecule has 4 nitrogen and oxygen atoms in total. The summed E-state index contributed by atoms with van der Waals surface area (Å²) < 4.78 is 5.36. The summed E-state index contributed by atoms with van der Waals surface area (Å²) in [4.78, 5) is 2.56. The summed E-state index contributed by atoms with van der Waals surface area (Å²) in [7, 11) is 3.68. The molecule has 1 fully saturated rings. The summed E-state index contributed by atoms with van der Waals surface area (Å²) in [6.45, 7) is 0.774. The summed E-state index contributed by atoms with van der Waals surface area (Å²) in [5.74, 6) is 0.706. The van der Waals surface area contributed by atoms with E-state index in [1.54, 1.807) is 7.11 Å². The second-order valence-corrected chi connectivity index (χ2v) is 6.17. The third-order valence-electron chi connectivity index (χ3n) is 4.22. The first-order valence-electron chi connectivity index (χ1n) is 7.38. The number of aliphatic hydroxyl groups is 1. The molecular formula is C16H24N2O2S. The van der Waals surface area contributed by atoms with Gasteiger partial charge in [-0.1, -0.05) is 31.1 Å². The van der Waals surface area contributed by atoms with Gasteiger partial charge in [0.1, 0.15) is 10.7 Å². The van der Waals surface area contributed by atoms with Crippen LogP contribution in [-0.4, -0.2) is 41.3 Å². The van der Waals surface area contributed by atoms with Gasteiger partial charge in [0, 0.05) is 12.6 Å². The molecule has 0 saturated heterocycles. The number of benzene rings is 1. The molecule has 3 N–H and O–H groups in total. The fraction of sp³-hybridized carbons (Fsp3) is 0.562. The molecule has 0 heterocycles. The van der Waals surface area contributed by atoms with Crippen LogP contribution in [0.2, 0.25) is 0 Å². The van der Waals surface area contributed by atoms with Gasteiger partial charge in [0.05, 0.1) is 18.8 Å². The minimum absolute atomic E-state index is 0.221. The Morgan fingerprint density at radius 3 is 2.76 bits per heavy atom. The average Bonchev–Trinajstić information content (AvgIpc) is 2.47. The number of nitrogens with zero attached hydrogens (tertiary/aromatic N) is 1. The predicted molar refractivity (Wildman–Crippen MR) is 88.6 cm³/mol. The van der Waals surface area contributed by atoms with E-state index in [4.69, 9.17) is 22.7 Å². The first kappa shape index (κ1) is 16.2. The van der Waals surface area contributed by atoms with Gasteiger partial charge in [0.2, 0.25) is 0 Å². The van der Waals surface area contributed by atoms with Crippen LogP contribution >= 0.6 is 12.2 Å². The summed E-state index contributed by atoms with van der Waals surface area (Å²) in [5, 5.41) is 10.1. The van der Waals surface area contributed by atoms with E-state index in [1.165, 1.54) is 6.42 Å². The number of thiocarbonyl (C=S) groups is 1. The van der Waals surface area contributed by atoms with Crippen LogP contribution in [0.5, 0.6) is 5.75 Å². The number of hydrogen-bond acceptors (Lipinski definition) is 4. The molecule has 116 valence electrons. The molecule has 2 unspecified atom stereocenters. The second-order valence-electron chi connectivity index (χ2n) is 5.73. The van der Waals surface area contributed by atoms with Gasteiger partial charge in [0.25, 0.3) is 0 Å². The Labute approximate surface area is 131 Å². The van der Waals surface area contributed by atoms with Gasteiger partial charge in [-0.15, -0.1) is 0 Å². The highest BCUT2D eigenvalue weighted by molar-refractivity contribution is 7.80. The number of ether oxygens (including phenoxy) is 1. The van der Waals surface area contributed by atoms with Gasteiger partial charge in [-0.3, -0.25) is 4.90 Å². The van der Waals surface area contributed by atoms with Gasteiger partial charge in [0.15, 0.2) is 0 Å². The standard InChI is InChI=1S/C16H24N2O2S/c1-18(13-5-3-4-6-14(13)19)10-11-7-8-12(16(17)21)15(9-11)20-2/h7-9,13-14,19H,3-6,10H2,1-2H3,(H2,17,21). The van der Waals surface area contributed by atoms with Gasteiger partial charge >= 0.3 is 0 Å². The molecule has 1 aromatic rings. The fourth-order valence-corrected chi connectivity index (χ4v) is 3.22. The Morgan fingerprint density at radius 2 is 2.14 bits per heavy atom. The van der Waals surface area contributed by atoms with Crippen LogP contribution in [0.1, 0.15) is 36.8 Å². The highest BCUT2D eigenvalue weighted by Gasteiger charge is 2.26. The number of hydrogen-bond donors (Lipinski definition) is 2. The van der Waals surface area contributed by atoms with Crippen LogP contribution in [0.4, 0.5) is 0 Å². The summed E-state index contributed by atoms with van der Waals surface area (Å²) in [6.07, 6.45) is 4.05. The van der Waals surface area contributed by atoms with Crippen molar-refractivity contribution in [2.45, 2.75) is 44.4 Å². The van der Waals surface area contributed by atoms with E-state index >= 15 is 0 Å². The molecule has 0 aliphatic heterocycles. The maximum atomic E-state index is 10.1. The number of methoxy groups -OCH3 is 1. The lowest BCUT2D eigenvalue weighted by Crippen LogP contribution is -2.42. The minimum atomic E-state index is -0.221. The van der Waals surface area contributed by atoms with Crippen molar-refractivity contribution in [1.82, 2.24) is 4.90 Å². The van der Waals surface area contributed by atoms with Crippen molar-refractivity contribution in [3.8, 4) is 5.75 Å². The van der Waals surface area contributed by atoms with Gasteiger partial charge in [-0.05, 0) is 37.6 Å². The molecule has 1 saturated carbocycles. The van der Waals surface area contributed by atoms with Crippen molar-refractivity contribution in [3.05, 3.63) is 29.3 Å². The third kappa shape index (κ3) is 3.93. The first-order chi connectivity index (χ1) is 10.0. The predicted octanol–water partition coefficient (Wildman–Crippen LogP) is 2.06. The van der Waals surface area contributed by atoms with Crippen LogP contribution < -0.4 is 10.5 Å². The molecule has 0 spiro atoms. The number of likely N-dealkylation sites (N-methyl/N-ethyl adjacent to an activating group) is 1. The first-order valence-corrected chi connectivity index (χ1v) is 7.78. The third-order valence-corrected chi connectivity index (χ3v) is 4.44. The zero-order chi connectivity index (χ0) is 15.4. The Morgan fingerprint density at radius 1 is 1.43 bits per heavy atom. The van der Waals surface area contributed by atoms with Gasteiger partial charge in [-0.2, -0.15) is 0 Å². The van der Waals surface area contributed by atoms with E-state index in [0.717, 1.165) is 36.9 Å². The highest BCUT2D eigenvalue weighted by atomic mass is 32.1. The maximum Gasteiger partial charge on any atom is 0.129 e. The monoisotopic (exact) mass is 308 g/mol. The molecule has 2 atom stereocenters. The molecule has 1 aromatic carbocycles.